The SMILES string of the molecule is O=C(Nc1ccc(F)cc1)c1cccc(C(=O)Nc2ccc(F)cc2)c1F. The first-order chi connectivity index (χ1) is 12.9. The van der Waals surface area contributed by atoms with E-state index in [9.17, 15) is 22.8 Å². The Morgan fingerprint density at radius 2 is 0.963 bits per heavy atom. The van der Waals surface area contributed by atoms with E-state index in [1.165, 1.54) is 42.5 Å². The van der Waals surface area contributed by atoms with E-state index in [4.69, 9.17) is 0 Å². The zero-order chi connectivity index (χ0) is 19.4. The standard InChI is InChI=1S/C20H13F3N2O2/c21-12-4-8-14(9-5-12)24-19(26)16-2-1-3-17(18(16)23)20(27)25-15-10-6-13(22)7-11-15/h1-11H,(H,24,26)(H,25,27). The Kier molecular flexibility index (Phi) is 5.21. The first-order valence-electron chi connectivity index (χ1n) is 7.86. The molecule has 0 bridgehead atoms. The molecule has 27 heavy (non-hydrogen) atoms. The maximum absolute atomic E-state index is 14.7. The highest BCUT2D eigenvalue weighted by Gasteiger charge is 2.19. The average Bonchev–Trinajstić information content (AvgIpc) is 2.65. The molecule has 7 heteroatoms. The lowest BCUT2D eigenvalue weighted by molar-refractivity contribution is 0.102. The molecule has 0 radical (unpaired) electrons. The van der Waals surface area contributed by atoms with Crippen LogP contribution < -0.4 is 10.6 Å². The van der Waals surface area contributed by atoms with Gasteiger partial charge in [0.2, 0.25) is 0 Å². The number of carbonyl (C=O) groups is 2. The van der Waals surface area contributed by atoms with E-state index in [2.05, 4.69) is 10.6 Å². The Morgan fingerprint density at radius 3 is 1.33 bits per heavy atom. The summed E-state index contributed by atoms with van der Waals surface area (Å²) in [5.74, 6) is -3.51. The van der Waals surface area contributed by atoms with Crippen LogP contribution in [0, 0.1) is 17.5 Å². The van der Waals surface area contributed by atoms with Gasteiger partial charge in [-0.1, -0.05) is 6.07 Å². The molecule has 0 saturated carbocycles. The molecule has 0 fully saturated rings. The quantitative estimate of drug-likeness (QED) is 0.705. The molecule has 0 spiro atoms. The van der Waals surface area contributed by atoms with Crippen molar-refractivity contribution in [3.05, 3.63) is 95.3 Å². The third kappa shape index (κ3) is 4.33. The summed E-state index contributed by atoms with van der Waals surface area (Å²) in [6.45, 7) is 0. The normalized spacial score (nSPS) is 10.3. The van der Waals surface area contributed by atoms with Crippen molar-refractivity contribution in [2.75, 3.05) is 10.6 Å². The Balaban J connectivity index is 1.80. The van der Waals surface area contributed by atoms with Crippen LogP contribution in [0.2, 0.25) is 0 Å². The highest BCUT2D eigenvalue weighted by molar-refractivity contribution is 6.09. The van der Waals surface area contributed by atoms with Gasteiger partial charge in [0.15, 0.2) is 0 Å². The fourth-order valence-corrected chi connectivity index (χ4v) is 2.35. The van der Waals surface area contributed by atoms with Gasteiger partial charge in [-0.15, -0.1) is 0 Å². The van der Waals surface area contributed by atoms with Gasteiger partial charge in [0, 0.05) is 11.4 Å². The monoisotopic (exact) mass is 370 g/mol. The van der Waals surface area contributed by atoms with E-state index in [-0.39, 0.29) is 22.5 Å². The number of anilines is 2. The fourth-order valence-electron chi connectivity index (χ4n) is 2.35. The molecule has 0 aliphatic rings. The average molecular weight is 370 g/mol. The molecular formula is C20H13F3N2O2. The van der Waals surface area contributed by atoms with Crippen LogP contribution in [-0.2, 0) is 0 Å². The van der Waals surface area contributed by atoms with Crippen LogP contribution in [0.25, 0.3) is 0 Å². The third-order valence-electron chi connectivity index (χ3n) is 3.69. The minimum atomic E-state index is -1.00. The predicted molar refractivity (Wildman–Crippen MR) is 95.1 cm³/mol. The van der Waals surface area contributed by atoms with Gasteiger partial charge in [0.1, 0.15) is 17.5 Å². The van der Waals surface area contributed by atoms with Crippen LogP contribution in [0.4, 0.5) is 24.5 Å². The summed E-state index contributed by atoms with van der Waals surface area (Å²) in [7, 11) is 0. The van der Waals surface area contributed by atoms with Crippen LogP contribution in [-0.4, -0.2) is 11.8 Å². The molecule has 0 atom stereocenters. The second kappa shape index (κ2) is 7.74. The summed E-state index contributed by atoms with van der Waals surface area (Å²) >= 11 is 0. The van der Waals surface area contributed by atoms with E-state index >= 15 is 0 Å². The van der Waals surface area contributed by atoms with Crippen LogP contribution in [0.5, 0.6) is 0 Å². The molecule has 0 aromatic heterocycles. The van der Waals surface area contributed by atoms with Crippen molar-refractivity contribution in [3.8, 4) is 0 Å². The van der Waals surface area contributed by atoms with Crippen molar-refractivity contribution in [2.24, 2.45) is 0 Å². The minimum Gasteiger partial charge on any atom is -0.322 e. The lowest BCUT2D eigenvalue weighted by Gasteiger charge is -2.10. The van der Waals surface area contributed by atoms with E-state index in [1.54, 1.807) is 0 Å². The molecule has 136 valence electrons. The van der Waals surface area contributed by atoms with Gasteiger partial charge in [-0.25, -0.2) is 13.2 Å². The lowest BCUT2D eigenvalue weighted by atomic mass is 10.1. The number of hydrogen-bond donors (Lipinski definition) is 2. The van der Waals surface area contributed by atoms with Gasteiger partial charge in [-0.05, 0) is 60.7 Å². The molecule has 0 heterocycles. The molecule has 4 nitrogen and oxygen atoms in total. The fraction of sp³-hybridized carbons (Fsp3) is 0. The van der Waals surface area contributed by atoms with E-state index in [1.807, 2.05) is 0 Å². The largest absolute Gasteiger partial charge is 0.322 e. The van der Waals surface area contributed by atoms with Gasteiger partial charge in [-0.3, -0.25) is 9.59 Å². The minimum absolute atomic E-state index is 0.280. The third-order valence-corrected chi connectivity index (χ3v) is 3.69. The molecule has 3 aromatic carbocycles. The smallest absolute Gasteiger partial charge is 0.258 e. The first-order valence-corrected chi connectivity index (χ1v) is 7.86. The van der Waals surface area contributed by atoms with Crippen molar-refractivity contribution >= 4 is 23.2 Å². The van der Waals surface area contributed by atoms with Crippen molar-refractivity contribution in [2.45, 2.75) is 0 Å². The second-order valence-electron chi connectivity index (χ2n) is 5.59. The van der Waals surface area contributed by atoms with Crippen LogP contribution in [0.3, 0.4) is 0 Å². The number of halogens is 3. The van der Waals surface area contributed by atoms with E-state index in [0.29, 0.717) is 0 Å². The molecule has 3 rings (SSSR count). The summed E-state index contributed by atoms with van der Waals surface area (Å²) in [6.07, 6.45) is 0. The highest BCUT2D eigenvalue weighted by Crippen LogP contribution is 2.18. The molecule has 0 aliphatic heterocycles. The Hall–Kier alpha value is -3.61. The summed E-state index contributed by atoms with van der Waals surface area (Å²) in [4.78, 5) is 24.5. The van der Waals surface area contributed by atoms with Gasteiger partial charge in [0.25, 0.3) is 11.8 Å². The molecule has 0 aliphatic carbocycles. The van der Waals surface area contributed by atoms with Crippen molar-refractivity contribution in [1.29, 1.82) is 0 Å². The van der Waals surface area contributed by atoms with Crippen LogP contribution in [0.1, 0.15) is 20.7 Å². The summed E-state index contributed by atoms with van der Waals surface area (Å²) in [5.41, 5.74) is -0.124. The predicted octanol–water partition coefficient (Wildman–Crippen LogP) is 4.61. The molecular weight excluding hydrogens is 357 g/mol. The molecule has 0 saturated heterocycles. The van der Waals surface area contributed by atoms with E-state index in [0.717, 1.165) is 24.3 Å². The zero-order valence-electron chi connectivity index (χ0n) is 13.8. The zero-order valence-corrected chi connectivity index (χ0v) is 13.8. The maximum Gasteiger partial charge on any atom is 0.258 e. The second-order valence-corrected chi connectivity index (χ2v) is 5.59. The van der Waals surface area contributed by atoms with Crippen LogP contribution in [0.15, 0.2) is 66.7 Å². The molecule has 3 aromatic rings. The van der Waals surface area contributed by atoms with Crippen molar-refractivity contribution in [3.63, 3.8) is 0 Å². The molecule has 2 N–H and O–H groups in total. The Bertz CT molecular complexity index is 909. The maximum atomic E-state index is 14.7. The summed E-state index contributed by atoms with van der Waals surface area (Å²) in [5, 5.41) is 4.86. The Morgan fingerprint density at radius 1 is 0.593 bits per heavy atom. The van der Waals surface area contributed by atoms with E-state index < -0.39 is 29.3 Å². The van der Waals surface area contributed by atoms with Gasteiger partial charge in [0.05, 0.1) is 11.1 Å². The number of rotatable bonds is 4. The first kappa shape index (κ1) is 18.2. The number of hydrogen-bond acceptors (Lipinski definition) is 2. The highest BCUT2D eigenvalue weighted by atomic mass is 19.1. The molecule has 0 unspecified atom stereocenters. The number of carbonyl (C=O) groups excluding carboxylic acids is 2. The van der Waals surface area contributed by atoms with Gasteiger partial charge in [-0.2, -0.15) is 0 Å². The molecule has 2 amide bonds. The lowest BCUT2D eigenvalue weighted by Crippen LogP contribution is -2.19. The van der Waals surface area contributed by atoms with Crippen molar-refractivity contribution in [1.82, 2.24) is 0 Å². The van der Waals surface area contributed by atoms with Crippen molar-refractivity contribution < 1.29 is 22.8 Å². The van der Waals surface area contributed by atoms with Gasteiger partial charge >= 0.3 is 0 Å². The topological polar surface area (TPSA) is 58.2 Å². The summed E-state index contributed by atoms with van der Waals surface area (Å²) in [6, 6.07) is 13.7. The number of amides is 2. The summed E-state index contributed by atoms with van der Waals surface area (Å²) < 4.78 is 40.5. The number of benzene rings is 3. The Labute approximate surface area is 152 Å². The van der Waals surface area contributed by atoms with Crippen LogP contribution >= 0.6 is 0 Å². The number of nitrogens with one attached hydrogen (secondary N) is 2. The van der Waals surface area contributed by atoms with Gasteiger partial charge < -0.3 is 10.6 Å².